The molecule has 0 aliphatic heterocycles. The van der Waals surface area contributed by atoms with Crippen molar-refractivity contribution in [2.45, 2.75) is 45.2 Å². The lowest BCUT2D eigenvalue weighted by Gasteiger charge is -2.41. The van der Waals surface area contributed by atoms with Gasteiger partial charge in [0.1, 0.15) is 0 Å². The Kier molecular flexibility index (Phi) is 2.17. The molecule has 0 bridgehead atoms. The molecule has 0 spiro atoms. The molecule has 1 rings (SSSR count). The predicted molar refractivity (Wildman–Crippen MR) is 42.0 cm³/mol. The Morgan fingerprint density at radius 3 is 1.83 bits per heavy atom. The number of hydrogen-bond acceptors (Lipinski definition) is 0. The monoisotopic (exact) mass is 180 g/mol. The molecule has 12 heavy (non-hydrogen) atoms. The maximum absolute atomic E-state index is 13.3. The molecule has 1 aliphatic rings. The van der Waals surface area contributed by atoms with Crippen LogP contribution in [0.2, 0.25) is 0 Å². The van der Waals surface area contributed by atoms with Gasteiger partial charge in [0.2, 0.25) is 0 Å². The van der Waals surface area contributed by atoms with Crippen LogP contribution in [0, 0.1) is 11.8 Å². The van der Waals surface area contributed by atoms with Gasteiger partial charge in [-0.05, 0) is 25.2 Å². The van der Waals surface area contributed by atoms with Gasteiger partial charge in [-0.1, -0.05) is 13.8 Å². The van der Waals surface area contributed by atoms with Crippen LogP contribution in [0.1, 0.15) is 33.6 Å². The zero-order chi connectivity index (χ0) is 9.57. The van der Waals surface area contributed by atoms with Crippen LogP contribution in [0.4, 0.5) is 13.2 Å². The molecule has 0 saturated heterocycles. The van der Waals surface area contributed by atoms with E-state index in [1.54, 1.807) is 6.92 Å². The van der Waals surface area contributed by atoms with Crippen molar-refractivity contribution in [3.05, 3.63) is 0 Å². The van der Waals surface area contributed by atoms with Crippen molar-refractivity contribution in [2.75, 3.05) is 0 Å². The lowest BCUT2D eigenvalue weighted by atomic mass is 9.72. The molecular weight excluding hydrogens is 165 g/mol. The number of hydrogen-bond donors (Lipinski definition) is 0. The van der Waals surface area contributed by atoms with E-state index in [4.69, 9.17) is 0 Å². The maximum Gasteiger partial charge on any atom is 0.281 e. The Bertz CT molecular complexity index is 155. The summed E-state index contributed by atoms with van der Waals surface area (Å²) in [6, 6.07) is 0. The fourth-order valence-corrected chi connectivity index (χ4v) is 1.77. The van der Waals surface area contributed by atoms with Crippen molar-refractivity contribution in [3.63, 3.8) is 0 Å². The van der Waals surface area contributed by atoms with E-state index in [0.717, 1.165) is 6.92 Å². The summed E-state index contributed by atoms with van der Waals surface area (Å²) < 4.78 is 39.4. The first kappa shape index (κ1) is 9.87. The van der Waals surface area contributed by atoms with Crippen molar-refractivity contribution < 1.29 is 13.2 Å². The average Bonchev–Trinajstić information content (AvgIpc) is 1.82. The van der Waals surface area contributed by atoms with Gasteiger partial charge in [-0.15, -0.1) is 0 Å². The number of rotatable bonds is 0. The summed E-state index contributed by atoms with van der Waals surface area (Å²) in [5.41, 5.74) is -2.31. The second-order valence-electron chi connectivity index (χ2n) is 4.26. The van der Waals surface area contributed by atoms with E-state index in [0.29, 0.717) is 0 Å². The van der Waals surface area contributed by atoms with Gasteiger partial charge >= 0.3 is 0 Å². The number of alkyl halides is 3. The highest BCUT2D eigenvalue weighted by Crippen LogP contribution is 2.48. The van der Waals surface area contributed by atoms with Gasteiger partial charge in [-0.3, -0.25) is 0 Å². The van der Waals surface area contributed by atoms with Crippen LogP contribution in [-0.2, 0) is 0 Å². The number of halogens is 3. The molecule has 0 nitrogen and oxygen atoms in total. The average molecular weight is 180 g/mol. The first-order valence-corrected chi connectivity index (χ1v) is 4.33. The zero-order valence-electron chi connectivity index (χ0n) is 7.70. The molecule has 3 atom stereocenters. The third-order valence-corrected chi connectivity index (χ3v) is 3.02. The molecular formula is C9H15F3. The van der Waals surface area contributed by atoms with Gasteiger partial charge in [-0.2, -0.15) is 0 Å². The third kappa shape index (κ3) is 1.46. The molecule has 0 radical (unpaired) electrons. The zero-order valence-corrected chi connectivity index (χ0v) is 7.70. The molecule has 0 aromatic heterocycles. The first-order chi connectivity index (χ1) is 5.26. The maximum atomic E-state index is 13.3. The van der Waals surface area contributed by atoms with Crippen LogP contribution >= 0.6 is 0 Å². The summed E-state index contributed by atoms with van der Waals surface area (Å²) in [6.45, 7) is 4.60. The van der Waals surface area contributed by atoms with Gasteiger partial charge in [0.05, 0.1) is 0 Å². The highest BCUT2D eigenvalue weighted by atomic mass is 19.3. The molecule has 3 heteroatoms. The summed E-state index contributed by atoms with van der Waals surface area (Å²) in [6.07, 6.45) is -0.345. The molecule has 1 aliphatic carbocycles. The Hall–Kier alpha value is -0.210. The fraction of sp³-hybridized carbons (Fsp3) is 1.00. The molecule has 0 heterocycles. The standard InChI is InChI=1S/C9H15F3/c1-6-4-8(3,10)9(11,12)5-7(6)2/h6-7H,4-5H2,1-3H3/t6-,7+,8?/m0/s1. The molecule has 1 saturated carbocycles. The van der Waals surface area contributed by atoms with Crippen molar-refractivity contribution in [3.8, 4) is 0 Å². The van der Waals surface area contributed by atoms with E-state index in [1.165, 1.54) is 0 Å². The summed E-state index contributed by atoms with van der Waals surface area (Å²) >= 11 is 0. The van der Waals surface area contributed by atoms with Gasteiger partial charge < -0.3 is 0 Å². The predicted octanol–water partition coefficient (Wildman–Crippen LogP) is 3.42. The molecule has 0 amide bonds. The summed E-state index contributed by atoms with van der Waals surface area (Å²) in [4.78, 5) is 0. The molecule has 0 aromatic carbocycles. The summed E-state index contributed by atoms with van der Waals surface area (Å²) in [5, 5.41) is 0. The minimum absolute atomic E-state index is 0.0266. The van der Waals surface area contributed by atoms with Crippen LogP contribution in [-0.4, -0.2) is 11.6 Å². The van der Waals surface area contributed by atoms with E-state index in [2.05, 4.69) is 0 Å². The second kappa shape index (κ2) is 2.64. The highest BCUT2D eigenvalue weighted by Gasteiger charge is 2.55. The van der Waals surface area contributed by atoms with Crippen LogP contribution < -0.4 is 0 Å². The Labute approximate surface area is 71.1 Å². The summed E-state index contributed by atoms with van der Waals surface area (Å²) in [5.74, 6) is -3.16. The van der Waals surface area contributed by atoms with Crippen molar-refractivity contribution in [1.29, 1.82) is 0 Å². The van der Waals surface area contributed by atoms with Crippen LogP contribution in [0.15, 0.2) is 0 Å². The second-order valence-corrected chi connectivity index (χ2v) is 4.26. The molecule has 0 aromatic rings. The lowest BCUT2D eigenvalue weighted by molar-refractivity contribution is -0.175. The fourth-order valence-electron chi connectivity index (χ4n) is 1.77. The first-order valence-electron chi connectivity index (χ1n) is 4.33. The van der Waals surface area contributed by atoms with Gasteiger partial charge in [0.15, 0.2) is 5.67 Å². The lowest BCUT2D eigenvalue weighted by Crippen LogP contribution is -2.49. The van der Waals surface area contributed by atoms with Gasteiger partial charge in [0.25, 0.3) is 5.92 Å². The Balaban J connectivity index is 2.80. The van der Waals surface area contributed by atoms with Crippen molar-refractivity contribution in [1.82, 2.24) is 0 Å². The van der Waals surface area contributed by atoms with E-state index >= 15 is 0 Å². The largest absolute Gasteiger partial charge is 0.281 e. The molecule has 0 N–H and O–H groups in total. The molecule has 72 valence electrons. The Morgan fingerprint density at radius 1 is 1.00 bits per heavy atom. The molecule has 1 unspecified atom stereocenters. The SMILES string of the molecule is C[C@@H]1CC(F)(F)C(C)(F)C[C@@H]1C. The van der Waals surface area contributed by atoms with Crippen molar-refractivity contribution in [2.24, 2.45) is 11.8 Å². The minimum Gasteiger partial charge on any atom is -0.238 e. The van der Waals surface area contributed by atoms with E-state index in [-0.39, 0.29) is 24.7 Å². The van der Waals surface area contributed by atoms with E-state index < -0.39 is 11.6 Å². The van der Waals surface area contributed by atoms with Gasteiger partial charge in [-0.25, -0.2) is 13.2 Å². The quantitative estimate of drug-likeness (QED) is 0.536. The van der Waals surface area contributed by atoms with Crippen LogP contribution in [0.5, 0.6) is 0 Å². The highest BCUT2D eigenvalue weighted by molar-refractivity contribution is 4.97. The van der Waals surface area contributed by atoms with Crippen LogP contribution in [0.3, 0.4) is 0 Å². The topological polar surface area (TPSA) is 0 Å². The van der Waals surface area contributed by atoms with Crippen molar-refractivity contribution >= 4 is 0 Å². The van der Waals surface area contributed by atoms with E-state index in [9.17, 15) is 13.2 Å². The third-order valence-electron chi connectivity index (χ3n) is 3.02. The minimum atomic E-state index is -3.14. The summed E-state index contributed by atoms with van der Waals surface area (Å²) in [7, 11) is 0. The van der Waals surface area contributed by atoms with Crippen LogP contribution in [0.25, 0.3) is 0 Å². The normalized spacial score (nSPS) is 47.5. The van der Waals surface area contributed by atoms with Gasteiger partial charge in [0, 0.05) is 6.42 Å². The smallest absolute Gasteiger partial charge is 0.238 e. The molecule has 1 fully saturated rings. The Morgan fingerprint density at radius 2 is 1.42 bits per heavy atom. The van der Waals surface area contributed by atoms with E-state index in [1.807, 2.05) is 6.92 Å².